The van der Waals surface area contributed by atoms with E-state index in [-0.39, 0.29) is 11.9 Å². The summed E-state index contributed by atoms with van der Waals surface area (Å²) in [6.07, 6.45) is -0.345. The minimum atomic E-state index is -0.522. The van der Waals surface area contributed by atoms with Gasteiger partial charge in [-0.2, -0.15) is 5.10 Å². The van der Waals surface area contributed by atoms with Crippen LogP contribution in [0.5, 0.6) is 0 Å². The van der Waals surface area contributed by atoms with Crippen molar-refractivity contribution in [2.45, 2.75) is 39.5 Å². The molecule has 0 atom stereocenters. The highest BCUT2D eigenvalue weighted by molar-refractivity contribution is 5.71. The largest absolute Gasteiger partial charge is 0.444 e. The summed E-state index contributed by atoms with van der Waals surface area (Å²) in [6.45, 7) is 6.40. The fraction of sp³-hybridized carbons (Fsp3) is 0.375. The number of aromatic nitrogens is 2. The SMILES string of the molecule is CC(C)(C)OC(=O)N1Cc2[nH]nc(-c3ccc(F)cc3)c2C1. The molecule has 0 radical (unpaired) electrons. The van der Waals surface area contributed by atoms with Gasteiger partial charge >= 0.3 is 6.09 Å². The zero-order chi connectivity index (χ0) is 15.9. The van der Waals surface area contributed by atoms with Gasteiger partial charge in [0.25, 0.3) is 0 Å². The molecule has 0 bridgehead atoms. The van der Waals surface area contributed by atoms with Crippen molar-refractivity contribution in [3.05, 3.63) is 41.3 Å². The van der Waals surface area contributed by atoms with Crippen LogP contribution in [0.25, 0.3) is 11.3 Å². The Morgan fingerprint density at radius 1 is 1.27 bits per heavy atom. The van der Waals surface area contributed by atoms with Crippen molar-refractivity contribution in [3.63, 3.8) is 0 Å². The monoisotopic (exact) mass is 303 g/mol. The lowest BCUT2D eigenvalue weighted by Gasteiger charge is -2.24. The van der Waals surface area contributed by atoms with Gasteiger partial charge in [-0.15, -0.1) is 0 Å². The smallest absolute Gasteiger partial charge is 0.410 e. The molecule has 0 saturated heterocycles. The number of H-pyrrole nitrogens is 1. The maximum absolute atomic E-state index is 13.0. The normalized spacial score (nSPS) is 14.1. The molecule has 1 aromatic heterocycles. The molecular formula is C16H18FN3O2. The predicted octanol–water partition coefficient (Wildman–Crippen LogP) is 3.47. The van der Waals surface area contributed by atoms with Crippen molar-refractivity contribution in [1.29, 1.82) is 0 Å². The number of nitrogens with zero attached hydrogens (tertiary/aromatic N) is 2. The van der Waals surface area contributed by atoms with E-state index in [9.17, 15) is 9.18 Å². The first kappa shape index (κ1) is 14.6. The van der Waals surface area contributed by atoms with Gasteiger partial charge in [0.05, 0.1) is 24.5 Å². The lowest BCUT2D eigenvalue weighted by molar-refractivity contribution is 0.0240. The van der Waals surface area contributed by atoms with Gasteiger partial charge in [-0.1, -0.05) is 0 Å². The number of carbonyl (C=O) groups is 1. The number of carbonyl (C=O) groups excluding carboxylic acids is 1. The average Bonchev–Trinajstić information content (AvgIpc) is 2.97. The van der Waals surface area contributed by atoms with Crippen LogP contribution in [-0.4, -0.2) is 26.8 Å². The molecule has 0 fully saturated rings. The Kier molecular flexibility index (Phi) is 3.39. The molecule has 0 spiro atoms. The van der Waals surface area contributed by atoms with Crippen LogP contribution in [0, 0.1) is 5.82 Å². The van der Waals surface area contributed by atoms with Gasteiger partial charge in [0.15, 0.2) is 0 Å². The lowest BCUT2D eigenvalue weighted by atomic mass is 10.1. The molecule has 1 amide bonds. The molecule has 2 heterocycles. The molecule has 22 heavy (non-hydrogen) atoms. The fourth-order valence-electron chi connectivity index (χ4n) is 2.44. The van der Waals surface area contributed by atoms with E-state index in [2.05, 4.69) is 10.2 Å². The summed E-state index contributed by atoms with van der Waals surface area (Å²) in [5.41, 5.74) is 2.90. The van der Waals surface area contributed by atoms with Gasteiger partial charge < -0.3 is 4.74 Å². The van der Waals surface area contributed by atoms with Crippen LogP contribution in [0.15, 0.2) is 24.3 Å². The van der Waals surface area contributed by atoms with Crippen LogP contribution < -0.4 is 0 Å². The molecule has 1 aliphatic rings. The zero-order valence-corrected chi connectivity index (χ0v) is 12.8. The molecule has 5 nitrogen and oxygen atoms in total. The molecule has 6 heteroatoms. The van der Waals surface area contributed by atoms with E-state index in [1.807, 2.05) is 20.8 Å². The minimum Gasteiger partial charge on any atom is -0.444 e. The summed E-state index contributed by atoms with van der Waals surface area (Å²) < 4.78 is 18.4. The Labute approximate surface area is 128 Å². The van der Waals surface area contributed by atoms with E-state index in [0.29, 0.717) is 13.1 Å². The van der Waals surface area contributed by atoms with Crippen LogP contribution in [-0.2, 0) is 17.8 Å². The molecule has 3 rings (SSSR count). The maximum atomic E-state index is 13.0. The van der Waals surface area contributed by atoms with Gasteiger partial charge in [-0.25, -0.2) is 9.18 Å². The van der Waals surface area contributed by atoms with Crippen molar-refractivity contribution in [2.24, 2.45) is 0 Å². The number of amides is 1. The second-order valence-electron chi connectivity index (χ2n) is 6.37. The predicted molar refractivity (Wildman–Crippen MR) is 79.5 cm³/mol. The maximum Gasteiger partial charge on any atom is 0.410 e. The second-order valence-corrected chi connectivity index (χ2v) is 6.37. The summed E-state index contributed by atoms with van der Waals surface area (Å²) in [5.74, 6) is -0.286. The van der Waals surface area contributed by atoms with E-state index in [4.69, 9.17) is 4.74 Å². The van der Waals surface area contributed by atoms with Gasteiger partial charge in [-0.3, -0.25) is 10.00 Å². The van der Waals surface area contributed by atoms with Gasteiger partial charge in [0, 0.05) is 11.1 Å². The molecule has 1 aromatic carbocycles. The van der Waals surface area contributed by atoms with Crippen molar-refractivity contribution >= 4 is 6.09 Å². The van der Waals surface area contributed by atoms with Gasteiger partial charge in [0.2, 0.25) is 0 Å². The molecule has 116 valence electrons. The van der Waals surface area contributed by atoms with Crippen LogP contribution >= 0.6 is 0 Å². The number of halogens is 1. The third-order valence-corrected chi connectivity index (χ3v) is 3.42. The summed E-state index contributed by atoms with van der Waals surface area (Å²) in [6, 6.07) is 6.16. The van der Waals surface area contributed by atoms with E-state index in [1.54, 1.807) is 17.0 Å². The van der Waals surface area contributed by atoms with Gasteiger partial charge in [-0.05, 0) is 45.0 Å². The molecule has 0 aliphatic carbocycles. The third-order valence-electron chi connectivity index (χ3n) is 3.42. The molecule has 2 aromatic rings. The molecule has 1 N–H and O–H groups in total. The van der Waals surface area contributed by atoms with Crippen LogP contribution in [0.1, 0.15) is 32.0 Å². The number of nitrogens with one attached hydrogen (secondary N) is 1. The third kappa shape index (κ3) is 2.81. The molecular weight excluding hydrogens is 285 g/mol. The summed E-state index contributed by atoms with van der Waals surface area (Å²) in [5, 5.41) is 7.23. The van der Waals surface area contributed by atoms with Crippen molar-refractivity contribution < 1.29 is 13.9 Å². The highest BCUT2D eigenvalue weighted by Crippen LogP contribution is 2.31. The zero-order valence-electron chi connectivity index (χ0n) is 12.8. The number of hydrogen-bond donors (Lipinski definition) is 1. The Morgan fingerprint density at radius 2 is 1.95 bits per heavy atom. The first-order valence-corrected chi connectivity index (χ1v) is 7.13. The summed E-state index contributed by atoms with van der Waals surface area (Å²) in [7, 11) is 0. The quantitative estimate of drug-likeness (QED) is 0.877. The number of benzene rings is 1. The van der Waals surface area contributed by atoms with Crippen LogP contribution in [0.3, 0.4) is 0 Å². The van der Waals surface area contributed by atoms with Crippen molar-refractivity contribution in [2.75, 3.05) is 0 Å². The topological polar surface area (TPSA) is 58.2 Å². The van der Waals surface area contributed by atoms with E-state index < -0.39 is 5.60 Å². The van der Waals surface area contributed by atoms with Gasteiger partial charge in [0.1, 0.15) is 11.4 Å². The van der Waals surface area contributed by atoms with Crippen molar-refractivity contribution in [3.8, 4) is 11.3 Å². The standard InChI is InChI=1S/C16H18FN3O2/c1-16(2,3)22-15(21)20-8-12-13(9-20)18-19-14(12)10-4-6-11(17)7-5-10/h4-7H,8-9H2,1-3H3,(H,18,19). The summed E-state index contributed by atoms with van der Waals surface area (Å²) in [4.78, 5) is 13.8. The number of fused-ring (bicyclic) bond motifs is 1. The first-order valence-electron chi connectivity index (χ1n) is 7.13. The average molecular weight is 303 g/mol. The van der Waals surface area contributed by atoms with E-state index in [0.717, 1.165) is 22.5 Å². The van der Waals surface area contributed by atoms with Crippen LogP contribution in [0.2, 0.25) is 0 Å². The van der Waals surface area contributed by atoms with Crippen molar-refractivity contribution in [1.82, 2.24) is 15.1 Å². The number of ether oxygens (including phenoxy) is 1. The highest BCUT2D eigenvalue weighted by atomic mass is 19.1. The molecule has 0 unspecified atom stereocenters. The lowest BCUT2D eigenvalue weighted by Crippen LogP contribution is -2.33. The Bertz CT molecular complexity index is 701. The summed E-state index contributed by atoms with van der Waals surface area (Å²) >= 11 is 0. The Hall–Kier alpha value is -2.37. The number of hydrogen-bond acceptors (Lipinski definition) is 3. The Morgan fingerprint density at radius 3 is 2.59 bits per heavy atom. The van der Waals surface area contributed by atoms with Crippen LogP contribution in [0.4, 0.5) is 9.18 Å². The highest BCUT2D eigenvalue weighted by Gasteiger charge is 2.31. The molecule has 1 aliphatic heterocycles. The number of aromatic amines is 1. The van der Waals surface area contributed by atoms with E-state index >= 15 is 0 Å². The van der Waals surface area contributed by atoms with E-state index in [1.165, 1.54) is 12.1 Å². The second kappa shape index (κ2) is 5.12. The number of rotatable bonds is 1. The Balaban J connectivity index is 1.80. The fourth-order valence-corrected chi connectivity index (χ4v) is 2.44. The molecule has 0 saturated carbocycles. The minimum absolute atomic E-state index is 0.286. The first-order chi connectivity index (χ1) is 10.3.